The van der Waals surface area contributed by atoms with E-state index in [2.05, 4.69) is 19.2 Å². The van der Waals surface area contributed by atoms with Gasteiger partial charge in [-0.05, 0) is 32.7 Å². The summed E-state index contributed by atoms with van der Waals surface area (Å²) in [5.41, 5.74) is 0. The minimum Gasteiger partial charge on any atom is -0.481 e. The maximum absolute atomic E-state index is 10.4. The van der Waals surface area contributed by atoms with Gasteiger partial charge in [-0.2, -0.15) is 0 Å². The molecule has 0 bridgehead atoms. The second kappa shape index (κ2) is 35.6. The molecule has 0 fully saturated rings. The lowest BCUT2D eigenvalue weighted by molar-refractivity contribution is -0.137. The number of carboxylic acid groups (broad SMARTS) is 1. The van der Waals surface area contributed by atoms with Crippen LogP contribution < -0.4 is 5.32 Å². The van der Waals surface area contributed by atoms with Crippen molar-refractivity contribution in [1.82, 2.24) is 5.32 Å². The summed E-state index contributed by atoms with van der Waals surface area (Å²) in [5.74, 6) is -0.652. The Balaban J connectivity index is -0.00000212. The molecule has 0 rings (SSSR count). The Labute approximate surface area is 206 Å². The van der Waals surface area contributed by atoms with Crippen molar-refractivity contribution in [3.8, 4) is 0 Å². The topological polar surface area (TPSA) is 86.6 Å². The van der Waals surface area contributed by atoms with Crippen molar-refractivity contribution in [3.63, 3.8) is 0 Å². The van der Waals surface area contributed by atoms with Crippen molar-refractivity contribution in [2.75, 3.05) is 13.7 Å². The predicted octanol–water partition coefficient (Wildman–Crippen LogP) is 7.68. The quantitative estimate of drug-likeness (QED) is 0.125. The van der Waals surface area contributed by atoms with E-state index in [0.717, 1.165) is 20.0 Å². The van der Waals surface area contributed by atoms with Crippen molar-refractivity contribution < 1.29 is 19.8 Å². The summed E-state index contributed by atoms with van der Waals surface area (Å²) in [6.45, 7) is 7.81. The molecule has 0 aliphatic rings. The average Bonchev–Trinajstić information content (AvgIpc) is 2.83. The van der Waals surface area contributed by atoms with Gasteiger partial charge in [-0.3, -0.25) is 4.79 Å². The second-order valence-electron chi connectivity index (χ2n) is 9.15. The smallest absolute Gasteiger partial charge is 0.303 e. The van der Waals surface area contributed by atoms with E-state index in [1.807, 2.05) is 6.79 Å². The van der Waals surface area contributed by atoms with Crippen LogP contribution in [0.1, 0.15) is 149 Å². The summed E-state index contributed by atoms with van der Waals surface area (Å²) >= 11 is 0. The van der Waals surface area contributed by atoms with Crippen LogP contribution in [0.5, 0.6) is 0 Å². The molecule has 0 aromatic heterocycles. The molecule has 0 aromatic rings. The largest absolute Gasteiger partial charge is 0.481 e. The Hall–Kier alpha value is -0.940. The third-order valence-electron chi connectivity index (χ3n) is 6.05. The highest BCUT2D eigenvalue weighted by Gasteiger charge is 2.01. The SMILES string of the molecule is C=O.CCCCCNC(C)CCCCCCCCCCCCCCCCCCC(=O)O.CO. The summed E-state index contributed by atoms with van der Waals surface area (Å²) in [4.78, 5) is 18.4. The van der Waals surface area contributed by atoms with E-state index < -0.39 is 5.97 Å². The highest BCUT2D eigenvalue weighted by Crippen LogP contribution is 2.14. The maximum atomic E-state index is 10.4. The van der Waals surface area contributed by atoms with Crippen LogP contribution in [0.4, 0.5) is 0 Å². The predicted molar refractivity (Wildman–Crippen MR) is 143 cm³/mol. The van der Waals surface area contributed by atoms with Crippen LogP contribution in [0.25, 0.3) is 0 Å². The third kappa shape index (κ3) is 38.6. The zero-order valence-electron chi connectivity index (χ0n) is 22.6. The van der Waals surface area contributed by atoms with Crippen LogP contribution in [0.3, 0.4) is 0 Å². The van der Waals surface area contributed by atoms with Gasteiger partial charge in [0.2, 0.25) is 0 Å². The molecule has 1 unspecified atom stereocenters. The number of unbranched alkanes of at least 4 members (excludes halogenated alkanes) is 17. The van der Waals surface area contributed by atoms with Gasteiger partial charge in [0.15, 0.2) is 0 Å². The molecule has 0 radical (unpaired) electrons. The summed E-state index contributed by atoms with van der Waals surface area (Å²) in [5, 5.41) is 19.2. The van der Waals surface area contributed by atoms with E-state index in [9.17, 15) is 4.79 Å². The number of aliphatic hydroxyl groups excluding tert-OH is 1. The molecule has 33 heavy (non-hydrogen) atoms. The van der Waals surface area contributed by atoms with Gasteiger partial charge in [-0.1, -0.05) is 116 Å². The number of carbonyl (C=O) groups excluding carboxylic acids is 1. The van der Waals surface area contributed by atoms with E-state index in [0.29, 0.717) is 12.5 Å². The van der Waals surface area contributed by atoms with E-state index in [4.69, 9.17) is 15.0 Å². The molecule has 1 atom stereocenters. The van der Waals surface area contributed by atoms with Crippen LogP contribution in [-0.2, 0) is 9.59 Å². The van der Waals surface area contributed by atoms with Crippen molar-refractivity contribution in [3.05, 3.63) is 0 Å². The Kier molecular flexibility index (Phi) is 39.6. The van der Waals surface area contributed by atoms with Gasteiger partial charge in [0.1, 0.15) is 6.79 Å². The number of hydrogen-bond donors (Lipinski definition) is 3. The van der Waals surface area contributed by atoms with Gasteiger partial charge in [0.25, 0.3) is 0 Å². The summed E-state index contributed by atoms with van der Waals surface area (Å²) in [6.07, 6.45) is 27.0. The van der Waals surface area contributed by atoms with Gasteiger partial charge >= 0.3 is 5.97 Å². The van der Waals surface area contributed by atoms with Crippen molar-refractivity contribution in [1.29, 1.82) is 0 Å². The van der Waals surface area contributed by atoms with E-state index in [1.54, 1.807) is 0 Å². The first-order chi connectivity index (χ1) is 16.2. The van der Waals surface area contributed by atoms with Crippen LogP contribution in [-0.4, -0.2) is 42.7 Å². The molecule has 200 valence electrons. The number of carbonyl (C=O) groups is 2. The van der Waals surface area contributed by atoms with E-state index in [1.165, 1.54) is 122 Å². The fourth-order valence-corrected chi connectivity index (χ4v) is 4.03. The van der Waals surface area contributed by atoms with Gasteiger partial charge in [0, 0.05) is 19.6 Å². The van der Waals surface area contributed by atoms with Gasteiger partial charge < -0.3 is 20.3 Å². The van der Waals surface area contributed by atoms with Gasteiger partial charge in [-0.25, -0.2) is 0 Å². The number of aliphatic hydroxyl groups is 1. The summed E-state index contributed by atoms with van der Waals surface area (Å²) < 4.78 is 0. The molecule has 0 saturated carbocycles. The number of hydrogen-bond acceptors (Lipinski definition) is 4. The fourth-order valence-electron chi connectivity index (χ4n) is 4.03. The second-order valence-corrected chi connectivity index (χ2v) is 9.15. The van der Waals surface area contributed by atoms with Crippen LogP contribution in [0.15, 0.2) is 0 Å². The van der Waals surface area contributed by atoms with Gasteiger partial charge in [0.05, 0.1) is 0 Å². The molecule has 0 heterocycles. The standard InChI is InChI=1S/C26H53NO2.CH4O.CH2O/c1-3-4-21-24-27-25(2)22-19-17-15-13-11-9-7-5-6-8-10-12-14-16-18-20-23-26(28)29;2*1-2/h25,27H,3-24H2,1-2H3,(H,28,29);2H,1H3;1H2. The molecular weight excluding hydrogens is 414 g/mol. The third-order valence-corrected chi connectivity index (χ3v) is 6.05. The number of aliphatic carboxylic acids is 1. The maximum Gasteiger partial charge on any atom is 0.303 e. The Morgan fingerprint density at radius 2 is 1.03 bits per heavy atom. The monoisotopic (exact) mass is 473 g/mol. The molecule has 0 aliphatic carbocycles. The van der Waals surface area contributed by atoms with Crippen molar-refractivity contribution in [2.45, 2.75) is 155 Å². The summed E-state index contributed by atoms with van der Waals surface area (Å²) in [6, 6.07) is 0.698. The minimum absolute atomic E-state index is 0.343. The Morgan fingerprint density at radius 3 is 1.39 bits per heavy atom. The van der Waals surface area contributed by atoms with Crippen LogP contribution in [0.2, 0.25) is 0 Å². The lowest BCUT2D eigenvalue weighted by Gasteiger charge is -2.13. The molecule has 0 spiro atoms. The molecule has 5 nitrogen and oxygen atoms in total. The molecule has 0 saturated heterocycles. The highest BCUT2D eigenvalue weighted by molar-refractivity contribution is 5.66. The highest BCUT2D eigenvalue weighted by atomic mass is 16.4. The van der Waals surface area contributed by atoms with Crippen LogP contribution >= 0.6 is 0 Å². The molecule has 0 aromatic carbocycles. The number of rotatable bonds is 24. The van der Waals surface area contributed by atoms with E-state index in [-0.39, 0.29) is 0 Å². The molecule has 3 N–H and O–H groups in total. The Morgan fingerprint density at radius 1 is 0.667 bits per heavy atom. The normalized spacial score (nSPS) is 11.2. The zero-order chi connectivity index (χ0) is 25.4. The first-order valence-electron chi connectivity index (χ1n) is 13.9. The van der Waals surface area contributed by atoms with Crippen molar-refractivity contribution in [2.24, 2.45) is 0 Å². The summed E-state index contributed by atoms with van der Waals surface area (Å²) in [7, 11) is 1.00. The molecule has 5 heteroatoms. The minimum atomic E-state index is -0.652. The number of nitrogens with one attached hydrogen (secondary N) is 1. The van der Waals surface area contributed by atoms with Crippen LogP contribution in [0, 0.1) is 0 Å². The first kappa shape index (κ1) is 36.6. The van der Waals surface area contributed by atoms with Crippen molar-refractivity contribution >= 4 is 12.8 Å². The van der Waals surface area contributed by atoms with Gasteiger partial charge in [-0.15, -0.1) is 0 Å². The molecule has 0 amide bonds. The number of carboxylic acids is 1. The lowest BCUT2D eigenvalue weighted by atomic mass is 10.0. The average molecular weight is 474 g/mol. The first-order valence-corrected chi connectivity index (χ1v) is 13.9. The lowest BCUT2D eigenvalue weighted by Crippen LogP contribution is -2.26. The molecular formula is C28H59NO4. The van der Waals surface area contributed by atoms with E-state index >= 15 is 0 Å². The zero-order valence-corrected chi connectivity index (χ0v) is 22.6. The molecule has 0 aliphatic heterocycles. The Bertz CT molecular complexity index is 353. The fraction of sp³-hybridized carbons (Fsp3) is 0.929.